The fourth-order valence-corrected chi connectivity index (χ4v) is 4.28. The van der Waals surface area contributed by atoms with Crippen molar-refractivity contribution in [3.63, 3.8) is 0 Å². The van der Waals surface area contributed by atoms with Gasteiger partial charge in [-0.2, -0.15) is 0 Å². The lowest BCUT2D eigenvalue weighted by Gasteiger charge is -2.38. The van der Waals surface area contributed by atoms with E-state index in [1.54, 1.807) is 21.0 Å². The van der Waals surface area contributed by atoms with E-state index in [1.165, 1.54) is 17.1 Å². The highest BCUT2D eigenvalue weighted by atomic mass is 16.7. The monoisotopic (exact) mass is 492 g/mol. The van der Waals surface area contributed by atoms with E-state index < -0.39 is 12.2 Å². The van der Waals surface area contributed by atoms with Gasteiger partial charge in [0.1, 0.15) is 6.10 Å². The first-order valence-corrected chi connectivity index (χ1v) is 12.2. The van der Waals surface area contributed by atoms with Crippen molar-refractivity contribution in [1.82, 2.24) is 10.2 Å². The number of ether oxygens (including phenoxy) is 5. The first-order chi connectivity index (χ1) is 16.5. The van der Waals surface area contributed by atoms with Gasteiger partial charge in [-0.15, -0.1) is 0 Å². The Hall–Kier alpha value is -2.20. The molecule has 3 fully saturated rings. The zero-order valence-electron chi connectivity index (χ0n) is 21.7. The molecule has 3 aliphatic rings. The molecule has 3 aliphatic heterocycles. The van der Waals surface area contributed by atoms with Gasteiger partial charge in [0, 0.05) is 39.4 Å². The summed E-state index contributed by atoms with van der Waals surface area (Å²) in [6.45, 7) is 9.53. The molecule has 3 atom stereocenters. The number of hydrogen-bond acceptors (Lipinski definition) is 7. The van der Waals surface area contributed by atoms with Crippen molar-refractivity contribution in [3.05, 3.63) is 36.0 Å². The van der Waals surface area contributed by atoms with E-state index >= 15 is 0 Å². The molecule has 3 heterocycles. The van der Waals surface area contributed by atoms with Gasteiger partial charge in [0.15, 0.2) is 6.29 Å². The first kappa shape index (κ1) is 27.4. The molecular weight excluding hydrogens is 452 g/mol. The van der Waals surface area contributed by atoms with Crippen LogP contribution in [0, 0.1) is 0 Å². The second kappa shape index (κ2) is 11.7. The fourth-order valence-electron chi connectivity index (χ4n) is 4.28. The third kappa shape index (κ3) is 9.07. The Morgan fingerprint density at radius 1 is 1.20 bits per heavy atom. The number of nitrogens with one attached hydrogen (secondary N) is 1. The van der Waals surface area contributed by atoms with Gasteiger partial charge in [-0.1, -0.05) is 23.8 Å². The van der Waals surface area contributed by atoms with E-state index in [0.29, 0.717) is 19.6 Å². The Labute approximate surface area is 208 Å². The number of hydrogen-bond donors (Lipinski definition) is 1. The van der Waals surface area contributed by atoms with Crippen LogP contribution in [-0.2, 0) is 28.5 Å². The Morgan fingerprint density at radius 3 is 2.51 bits per heavy atom. The maximum Gasteiger partial charge on any atom is 0.409 e. The third-order valence-electron chi connectivity index (χ3n) is 6.03. The molecule has 3 rings (SSSR count). The number of rotatable bonds is 8. The molecule has 0 aromatic heterocycles. The minimum Gasteiger partial charge on any atom is -0.442 e. The minimum atomic E-state index is -0.512. The molecule has 9 nitrogen and oxygen atoms in total. The highest BCUT2D eigenvalue weighted by molar-refractivity contribution is 5.87. The Balaban J connectivity index is 1.35. The van der Waals surface area contributed by atoms with Gasteiger partial charge in [0.2, 0.25) is 5.91 Å². The SMILES string of the molecule is CC(/C=C/[C@@H]1C[C@]2(CO2)CC(C)(C)O1)=C\C[C@H]1OC[C@@H](NC(=O)/C=C\[C@H](C)OC(=O)N(C)C)CO1. The van der Waals surface area contributed by atoms with Crippen LogP contribution in [0.25, 0.3) is 0 Å². The van der Waals surface area contributed by atoms with Crippen LogP contribution in [0.2, 0.25) is 0 Å². The summed E-state index contributed by atoms with van der Waals surface area (Å²) < 4.78 is 28.5. The molecule has 0 radical (unpaired) electrons. The van der Waals surface area contributed by atoms with E-state index in [4.69, 9.17) is 23.7 Å². The number of epoxide rings is 1. The second-order valence-corrected chi connectivity index (χ2v) is 10.5. The molecule has 0 aromatic rings. The van der Waals surface area contributed by atoms with Gasteiger partial charge in [-0.05, 0) is 33.8 Å². The van der Waals surface area contributed by atoms with Gasteiger partial charge in [-0.25, -0.2) is 4.79 Å². The lowest BCUT2D eigenvalue weighted by Crippen LogP contribution is -2.46. The lowest BCUT2D eigenvalue weighted by molar-refractivity contribution is -0.187. The average Bonchev–Trinajstić information content (AvgIpc) is 3.51. The largest absolute Gasteiger partial charge is 0.442 e. The summed E-state index contributed by atoms with van der Waals surface area (Å²) in [5.41, 5.74) is 0.945. The van der Waals surface area contributed by atoms with E-state index in [2.05, 4.69) is 37.4 Å². The predicted octanol–water partition coefficient (Wildman–Crippen LogP) is 3.11. The minimum absolute atomic E-state index is 0.0110. The van der Waals surface area contributed by atoms with Crippen LogP contribution in [0.15, 0.2) is 36.0 Å². The highest BCUT2D eigenvalue weighted by Gasteiger charge is 2.53. The topological polar surface area (TPSA) is 98.9 Å². The summed E-state index contributed by atoms with van der Waals surface area (Å²) >= 11 is 0. The molecule has 0 bridgehead atoms. The zero-order chi connectivity index (χ0) is 25.6. The third-order valence-corrected chi connectivity index (χ3v) is 6.03. The van der Waals surface area contributed by atoms with Gasteiger partial charge in [-0.3, -0.25) is 4.79 Å². The van der Waals surface area contributed by atoms with Crippen molar-refractivity contribution >= 4 is 12.0 Å². The van der Waals surface area contributed by atoms with Crippen molar-refractivity contribution in [2.45, 2.75) is 82.7 Å². The summed E-state index contributed by atoms with van der Waals surface area (Å²) in [6.07, 6.45) is 10.3. The molecule has 3 saturated heterocycles. The molecular formula is C26H40N2O7. The number of allylic oxidation sites excluding steroid dienone is 2. The van der Waals surface area contributed by atoms with Crippen molar-refractivity contribution < 1.29 is 33.3 Å². The van der Waals surface area contributed by atoms with Crippen LogP contribution in [0.1, 0.15) is 47.0 Å². The normalized spacial score (nSPS) is 31.5. The molecule has 35 heavy (non-hydrogen) atoms. The van der Waals surface area contributed by atoms with E-state index in [0.717, 1.165) is 25.0 Å². The van der Waals surface area contributed by atoms with E-state index in [-0.39, 0.29) is 35.5 Å². The predicted molar refractivity (Wildman–Crippen MR) is 131 cm³/mol. The van der Waals surface area contributed by atoms with Gasteiger partial charge < -0.3 is 33.9 Å². The summed E-state index contributed by atoms with van der Waals surface area (Å²) in [7, 11) is 3.20. The number of amides is 2. The maximum atomic E-state index is 12.1. The van der Waals surface area contributed by atoms with Crippen molar-refractivity contribution in [2.24, 2.45) is 0 Å². The van der Waals surface area contributed by atoms with Crippen molar-refractivity contribution in [3.8, 4) is 0 Å². The number of nitrogens with zero attached hydrogens (tertiary/aromatic N) is 1. The summed E-state index contributed by atoms with van der Waals surface area (Å²) in [6, 6.07) is -0.239. The van der Waals surface area contributed by atoms with Gasteiger partial charge in [0.25, 0.3) is 0 Å². The molecule has 0 aromatic carbocycles. The highest BCUT2D eigenvalue weighted by Crippen LogP contribution is 2.46. The van der Waals surface area contributed by atoms with Crippen LogP contribution in [0.4, 0.5) is 4.79 Å². The van der Waals surface area contributed by atoms with Gasteiger partial charge >= 0.3 is 6.09 Å². The van der Waals surface area contributed by atoms with Crippen LogP contribution in [-0.4, -0.2) is 86.6 Å². The van der Waals surface area contributed by atoms with Crippen molar-refractivity contribution in [2.75, 3.05) is 33.9 Å². The quantitative estimate of drug-likeness (QED) is 0.316. The number of carbonyl (C=O) groups is 2. The standard InChI is InChI=1S/C26H40N2O7/c1-18(7-10-21-13-26(17-33-26)16-25(3,4)35-21)8-12-23-31-14-20(15-32-23)27-22(29)11-9-19(2)34-24(30)28(5)6/h7-11,19-21,23H,12-17H2,1-6H3,(H,27,29)/b10-7+,11-9-,18-8+/t19-,20-,21+,23+,26+/m0/s1. The molecule has 2 amide bonds. The molecule has 1 spiro atoms. The Morgan fingerprint density at radius 2 is 1.89 bits per heavy atom. The average molecular weight is 493 g/mol. The molecule has 196 valence electrons. The van der Waals surface area contributed by atoms with Crippen LogP contribution < -0.4 is 5.32 Å². The fraction of sp³-hybridized carbons (Fsp3) is 0.692. The summed E-state index contributed by atoms with van der Waals surface area (Å²) in [5.74, 6) is -0.291. The number of carbonyl (C=O) groups excluding carboxylic acids is 2. The van der Waals surface area contributed by atoms with E-state index in [9.17, 15) is 9.59 Å². The van der Waals surface area contributed by atoms with Gasteiger partial charge in [0.05, 0.1) is 43.2 Å². The maximum absolute atomic E-state index is 12.1. The Kier molecular flexibility index (Phi) is 9.15. The summed E-state index contributed by atoms with van der Waals surface area (Å²) in [5, 5.41) is 2.83. The van der Waals surface area contributed by atoms with Crippen LogP contribution >= 0.6 is 0 Å². The molecule has 0 saturated carbocycles. The smallest absolute Gasteiger partial charge is 0.409 e. The lowest BCUT2D eigenvalue weighted by atomic mass is 9.85. The Bertz CT molecular complexity index is 831. The van der Waals surface area contributed by atoms with E-state index in [1.807, 2.05) is 6.92 Å². The molecule has 1 N–H and O–H groups in total. The zero-order valence-corrected chi connectivity index (χ0v) is 21.7. The molecule has 0 aliphatic carbocycles. The van der Waals surface area contributed by atoms with Crippen LogP contribution in [0.3, 0.4) is 0 Å². The van der Waals surface area contributed by atoms with Crippen LogP contribution in [0.5, 0.6) is 0 Å². The summed E-state index contributed by atoms with van der Waals surface area (Å²) in [4.78, 5) is 25.0. The van der Waals surface area contributed by atoms with Crippen molar-refractivity contribution in [1.29, 1.82) is 0 Å². The first-order valence-electron chi connectivity index (χ1n) is 12.2. The molecule has 9 heteroatoms. The second-order valence-electron chi connectivity index (χ2n) is 10.5. The molecule has 0 unspecified atom stereocenters.